The number of amides is 4. The van der Waals surface area contributed by atoms with E-state index in [1.807, 2.05) is 6.07 Å². The van der Waals surface area contributed by atoms with Crippen LogP contribution in [0, 0.1) is 0 Å². The molecule has 32 heavy (non-hydrogen) atoms. The largest absolute Gasteiger partial charge is 0.491 e. The molecule has 4 amide bonds. The van der Waals surface area contributed by atoms with Crippen molar-refractivity contribution in [3.8, 4) is 5.75 Å². The van der Waals surface area contributed by atoms with Crippen molar-refractivity contribution in [2.24, 2.45) is 0 Å². The number of imide groups is 2. The molecule has 5 aliphatic heterocycles. The van der Waals surface area contributed by atoms with Crippen molar-refractivity contribution in [3.05, 3.63) is 28.8 Å². The summed E-state index contributed by atoms with van der Waals surface area (Å²) in [5.74, 6) is -2.24. The molecule has 0 saturated carbocycles. The lowest BCUT2D eigenvalue weighted by Crippen LogP contribution is -2.54. The number of nitrogens with zero attached hydrogens (tertiary/aromatic N) is 2. The summed E-state index contributed by atoms with van der Waals surface area (Å²) >= 11 is 0. The molecule has 1 unspecified atom stereocenters. The molecule has 0 aliphatic carbocycles. The summed E-state index contributed by atoms with van der Waals surface area (Å²) in [6.07, 6.45) is 1.65. The number of rotatable bonds is 1. The van der Waals surface area contributed by atoms with E-state index < -0.39 is 35.5 Å². The highest BCUT2D eigenvalue weighted by molar-refractivity contribution is 6.24. The van der Waals surface area contributed by atoms with Crippen LogP contribution in [0.15, 0.2) is 12.1 Å². The van der Waals surface area contributed by atoms with Gasteiger partial charge < -0.3 is 14.2 Å². The highest BCUT2D eigenvalue weighted by Crippen LogP contribution is 2.41. The first-order chi connectivity index (χ1) is 15.5. The molecule has 5 aliphatic rings. The van der Waals surface area contributed by atoms with Crippen molar-refractivity contribution in [3.63, 3.8) is 0 Å². The molecule has 1 aromatic rings. The number of carbonyl (C=O) groups excluding carboxylic acids is 4. The molecule has 1 spiro atoms. The number of hydrogen-bond donors (Lipinski definition) is 1. The van der Waals surface area contributed by atoms with Gasteiger partial charge in [-0.05, 0) is 12.5 Å². The molecule has 3 fully saturated rings. The van der Waals surface area contributed by atoms with Crippen LogP contribution in [0.25, 0.3) is 0 Å². The van der Waals surface area contributed by atoms with E-state index in [4.69, 9.17) is 14.2 Å². The van der Waals surface area contributed by atoms with E-state index in [-0.39, 0.29) is 30.0 Å². The lowest BCUT2D eigenvalue weighted by molar-refractivity contribution is -0.199. The molecule has 1 aromatic carbocycles. The zero-order valence-corrected chi connectivity index (χ0v) is 17.4. The normalized spacial score (nSPS) is 29.3. The van der Waals surface area contributed by atoms with Gasteiger partial charge in [0.05, 0.1) is 24.3 Å². The number of hydrogen-bond acceptors (Lipinski definition) is 8. The lowest BCUT2D eigenvalue weighted by Gasteiger charge is -2.42. The van der Waals surface area contributed by atoms with E-state index in [9.17, 15) is 19.2 Å². The van der Waals surface area contributed by atoms with Crippen LogP contribution in [0.4, 0.5) is 0 Å². The second-order valence-corrected chi connectivity index (χ2v) is 8.92. The first-order valence-corrected chi connectivity index (χ1v) is 11.0. The van der Waals surface area contributed by atoms with Crippen molar-refractivity contribution in [1.29, 1.82) is 0 Å². The molecule has 6 rings (SSSR count). The van der Waals surface area contributed by atoms with E-state index >= 15 is 0 Å². The fourth-order valence-electron chi connectivity index (χ4n) is 5.48. The Balaban J connectivity index is 1.30. The third-order valence-electron chi connectivity index (χ3n) is 7.09. The highest BCUT2D eigenvalue weighted by Gasteiger charge is 2.49. The molecule has 10 heteroatoms. The Labute approximate surface area is 183 Å². The van der Waals surface area contributed by atoms with E-state index in [0.29, 0.717) is 38.5 Å². The SMILES string of the molecule is O=C1CCC(N2C(=O)c3ccc4c(c3C2=O)OC[C@H]2CC3(CCN2C4)OCCO3)C(=O)N1. The lowest BCUT2D eigenvalue weighted by atomic mass is 9.95. The average molecular weight is 441 g/mol. The molecule has 10 nitrogen and oxygen atoms in total. The van der Waals surface area contributed by atoms with Crippen LogP contribution in [0.1, 0.15) is 52.0 Å². The summed E-state index contributed by atoms with van der Waals surface area (Å²) in [7, 11) is 0. The standard InChI is InChI=1S/C22H23N3O7/c26-16-4-3-15(19(27)23-16)25-20(28)14-2-1-12-10-24-6-5-22(31-7-8-32-22)9-13(24)11-30-18(12)17(14)21(25)29/h1-2,13,15H,3-11H2,(H,23,26,27)/t13-,15?/m1/s1. The molecule has 0 bridgehead atoms. The maximum Gasteiger partial charge on any atom is 0.266 e. The number of piperidine rings is 2. The molecular formula is C22H23N3O7. The minimum absolute atomic E-state index is 0.0587. The van der Waals surface area contributed by atoms with Gasteiger partial charge >= 0.3 is 0 Å². The van der Waals surface area contributed by atoms with Gasteiger partial charge in [-0.2, -0.15) is 0 Å². The Morgan fingerprint density at radius 1 is 1.06 bits per heavy atom. The van der Waals surface area contributed by atoms with E-state index in [0.717, 1.165) is 23.4 Å². The van der Waals surface area contributed by atoms with Gasteiger partial charge in [0.2, 0.25) is 11.8 Å². The Bertz CT molecular complexity index is 1050. The van der Waals surface area contributed by atoms with Gasteiger partial charge in [0.25, 0.3) is 11.8 Å². The van der Waals surface area contributed by atoms with Crippen LogP contribution in [0.2, 0.25) is 0 Å². The van der Waals surface area contributed by atoms with Gasteiger partial charge in [0, 0.05) is 44.0 Å². The summed E-state index contributed by atoms with van der Waals surface area (Å²) in [6.45, 7) is 2.89. The van der Waals surface area contributed by atoms with Crippen LogP contribution in [0.3, 0.4) is 0 Å². The predicted octanol–water partition coefficient (Wildman–Crippen LogP) is 0.188. The number of carbonyl (C=O) groups is 4. The maximum absolute atomic E-state index is 13.3. The van der Waals surface area contributed by atoms with Crippen LogP contribution in [-0.2, 0) is 25.6 Å². The van der Waals surface area contributed by atoms with Gasteiger partial charge in [0.1, 0.15) is 18.4 Å². The van der Waals surface area contributed by atoms with Gasteiger partial charge in [-0.3, -0.25) is 34.3 Å². The number of fused-ring (bicyclic) bond motifs is 4. The number of nitrogens with one attached hydrogen (secondary N) is 1. The Kier molecular flexibility index (Phi) is 4.40. The van der Waals surface area contributed by atoms with Crippen LogP contribution >= 0.6 is 0 Å². The molecule has 0 radical (unpaired) electrons. The second kappa shape index (κ2) is 7.09. The fraction of sp³-hybridized carbons (Fsp3) is 0.545. The van der Waals surface area contributed by atoms with Crippen LogP contribution in [0.5, 0.6) is 5.75 Å². The van der Waals surface area contributed by atoms with Gasteiger partial charge in [-0.1, -0.05) is 6.07 Å². The second-order valence-electron chi connectivity index (χ2n) is 8.92. The van der Waals surface area contributed by atoms with E-state index in [1.54, 1.807) is 6.07 Å². The molecule has 168 valence electrons. The molecule has 1 N–H and O–H groups in total. The summed E-state index contributed by atoms with van der Waals surface area (Å²) in [5, 5.41) is 2.22. The Hall–Kier alpha value is -2.82. The first-order valence-electron chi connectivity index (χ1n) is 11.0. The fourth-order valence-corrected chi connectivity index (χ4v) is 5.48. The average Bonchev–Trinajstić information content (AvgIpc) is 3.25. The zero-order chi connectivity index (χ0) is 22.0. The quantitative estimate of drug-likeness (QED) is 0.615. The summed E-state index contributed by atoms with van der Waals surface area (Å²) < 4.78 is 17.9. The smallest absolute Gasteiger partial charge is 0.266 e. The molecule has 3 saturated heterocycles. The number of benzene rings is 1. The minimum Gasteiger partial charge on any atom is -0.491 e. The van der Waals surface area contributed by atoms with E-state index in [2.05, 4.69) is 10.2 Å². The monoisotopic (exact) mass is 441 g/mol. The maximum atomic E-state index is 13.3. The van der Waals surface area contributed by atoms with Crippen molar-refractivity contribution >= 4 is 23.6 Å². The number of ether oxygens (including phenoxy) is 3. The van der Waals surface area contributed by atoms with Crippen molar-refractivity contribution < 1.29 is 33.4 Å². The zero-order valence-electron chi connectivity index (χ0n) is 17.4. The summed E-state index contributed by atoms with van der Waals surface area (Å²) in [6, 6.07) is 2.52. The van der Waals surface area contributed by atoms with Crippen molar-refractivity contribution in [2.45, 2.75) is 50.1 Å². The van der Waals surface area contributed by atoms with Gasteiger partial charge in [-0.25, -0.2) is 0 Å². The summed E-state index contributed by atoms with van der Waals surface area (Å²) in [4.78, 5) is 53.5. The topological polar surface area (TPSA) is 114 Å². The molecular weight excluding hydrogens is 418 g/mol. The molecule has 2 atom stereocenters. The molecule has 0 aromatic heterocycles. The highest BCUT2D eigenvalue weighted by atomic mass is 16.7. The predicted molar refractivity (Wildman–Crippen MR) is 107 cm³/mol. The van der Waals surface area contributed by atoms with E-state index in [1.165, 1.54) is 0 Å². The first kappa shape index (κ1) is 19.8. The third-order valence-corrected chi connectivity index (χ3v) is 7.09. The molecule has 5 heterocycles. The van der Waals surface area contributed by atoms with Crippen LogP contribution < -0.4 is 10.1 Å². The van der Waals surface area contributed by atoms with Crippen molar-refractivity contribution in [1.82, 2.24) is 15.1 Å². The Morgan fingerprint density at radius 3 is 2.66 bits per heavy atom. The Morgan fingerprint density at radius 2 is 1.88 bits per heavy atom. The minimum atomic E-state index is -0.996. The van der Waals surface area contributed by atoms with Gasteiger partial charge in [0.15, 0.2) is 5.79 Å². The third kappa shape index (κ3) is 2.90. The van der Waals surface area contributed by atoms with Crippen LogP contribution in [-0.4, -0.2) is 77.7 Å². The van der Waals surface area contributed by atoms with Gasteiger partial charge in [-0.15, -0.1) is 0 Å². The summed E-state index contributed by atoms with van der Waals surface area (Å²) in [5.41, 5.74) is 1.28. The van der Waals surface area contributed by atoms with Crippen molar-refractivity contribution in [2.75, 3.05) is 26.4 Å².